The Morgan fingerprint density at radius 1 is 1.36 bits per heavy atom. The number of halogens is 1. The maximum Gasteiger partial charge on any atom is 0.133 e. The van der Waals surface area contributed by atoms with Crippen LogP contribution in [0.1, 0.15) is 25.0 Å². The summed E-state index contributed by atoms with van der Waals surface area (Å²) >= 11 is 3.43. The normalized spacial score (nSPS) is 11.6. The molecule has 0 bridgehead atoms. The quantitative estimate of drug-likeness (QED) is 0.884. The minimum atomic E-state index is -0.863. The van der Waals surface area contributed by atoms with Gasteiger partial charge in [-0.1, -0.05) is 6.07 Å². The van der Waals surface area contributed by atoms with Crippen LogP contribution in [0, 0.1) is 6.92 Å². The second-order valence-corrected chi connectivity index (χ2v) is 4.68. The van der Waals surface area contributed by atoms with Gasteiger partial charge in [0.15, 0.2) is 0 Å². The third-order valence-corrected chi connectivity index (χ3v) is 2.88. The molecule has 0 unspecified atom stereocenters. The molecule has 0 aliphatic carbocycles. The van der Waals surface area contributed by atoms with Gasteiger partial charge in [-0.3, -0.25) is 0 Å². The number of hydrogen-bond donors (Lipinski definition) is 1. The molecule has 78 valence electrons. The molecule has 2 nitrogen and oxygen atoms in total. The molecule has 0 saturated carbocycles. The van der Waals surface area contributed by atoms with Gasteiger partial charge in [0, 0.05) is 5.56 Å². The second kappa shape index (κ2) is 3.91. The monoisotopic (exact) mass is 258 g/mol. The molecule has 0 radical (unpaired) electrons. The van der Waals surface area contributed by atoms with Crippen LogP contribution >= 0.6 is 15.9 Å². The number of benzene rings is 1. The van der Waals surface area contributed by atoms with Gasteiger partial charge in [-0.15, -0.1) is 0 Å². The van der Waals surface area contributed by atoms with Crippen LogP contribution in [0.2, 0.25) is 0 Å². The highest BCUT2D eigenvalue weighted by Crippen LogP contribution is 2.35. The Kier molecular flexibility index (Phi) is 3.22. The summed E-state index contributed by atoms with van der Waals surface area (Å²) in [6.45, 7) is 5.49. The van der Waals surface area contributed by atoms with Crippen molar-refractivity contribution in [1.82, 2.24) is 0 Å². The van der Waals surface area contributed by atoms with Crippen molar-refractivity contribution in [3.05, 3.63) is 27.7 Å². The average Bonchev–Trinajstić information content (AvgIpc) is 2.06. The predicted molar refractivity (Wildman–Crippen MR) is 60.7 cm³/mol. The molecule has 0 spiro atoms. The van der Waals surface area contributed by atoms with E-state index in [1.54, 1.807) is 21.0 Å². The summed E-state index contributed by atoms with van der Waals surface area (Å²) < 4.78 is 6.02. The first-order valence-corrected chi connectivity index (χ1v) is 5.22. The lowest BCUT2D eigenvalue weighted by Crippen LogP contribution is -2.16. The minimum absolute atomic E-state index is 0.752. The first-order valence-electron chi connectivity index (χ1n) is 4.43. The fourth-order valence-electron chi connectivity index (χ4n) is 1.33. The van der Waals surface area contributed by atoms with Gasteiger partial charge < -0.3 is 9.84 Å². The van der Waals surface area contributed by atoms with Crippen LogP contribution in [-0.2, 0) is 5.60 Å². The van der Waals surface area contributed by atoms with Crippen LogP contribution in [0.5, 0.6) is 5.75 Å². The van der Waals surface area contributed by atoms with Crippen LogP contribution in [0.25, 0.3) is 0 Å². The van der Waals surface area contributed by atoms with Crippen LogP contribution in [0.4, 0.5) is 0 Å². The zero-order valence-corrected chi connectivity index (χ0v) is 10.5. The van der Waals surface area contributed by atoms with Crippen LogP contribution in [-0.4, -0.2) is 12.2 Å². The molecule has 1 aromatic carbocycles. The van der Waals surface area contributed by atoms with E-state index in [9.17, 15) is 5.11 Å². The molecule has 0 aliphatic rings. The maximum absolute atomic E-state index is 9.93. The van der Waals surface area contributed by atoms with Crippen LogP contribution in [0.15, 0.2) is 16.6 Å². The zero-order valence-electron chi connectivity index (χ0n) is 8.89. The molecule has 1 N–H and O–H groups in total. The molecule has 0 fully saturated rings. The number of aryl methyl sites for hydroxylation is 1. The van der Waals surface area contributed by atoms with Crippen molar-refractivity contribution >= 4 is 15.9 Å². The number of aliphatic hydroxyl groups is 1. The van der Waals surface area contributed by atoms with Crippen molar-refractivity contribution < 1.29 is 9.84 Å². The first kappa shape index (κ1) is 11.5. The molecule has 0 saturated heterocycles. The molecule has 1 rings (SSSR count). The summed E-state index contributed by atoms with van der Waals surface area (Å²) in [5.74, 6) is 0.752. The van der Waals surface area contributed by atoms with Crippen molar-refractivity contribution in [1.29, 1.82) is 0 Å². The van der Waals surface area contributed by atoms with Crippen molar-refractivity contribution in [2.24, 2.45) is 0 Å². The SMILES string of the molecule is COc1cc(C)cc(C(C)(C)O)c1Br. The second-order valence-electron chi connectivity index (χ2n) is 3.89. The molecule has 0 atom stereocenters. The van der Waals surface area contributed by atoms with E-state index < -0.39 is 5.60 Å². The molecule has 0 aromatic heterocycles. The molecule has 1 aromatic rings. The van der Waals surface area contributed by atoms with Crippen LogP contribution in [0.3, 0.4) is 0 Å². The van der Waals surface area contributed by atoms with Gasteiger partial charge in [-0.25, -0.2) is 0 Å². The fraction of sp³-hybridized carbons (Fsp3) is 0.455. The lowest BCUT2D eigenvalue weighted by Gasteiger charge is -2.21. The third kappa shape index (κ3) is 2.28. The fourth-order valence-corrected chi connectivity index (χ4v) is 2.21. The highest BCUT2D eigenvalue weighted by molar-refractivity contribution is 9.10. The largest absolute Gasteiger partial charge is 0.496 e. The Balaban J connectivity index is 3.37. The molecule has 14 heavy (non-hydrogen) atoms. The summed E-state index contributed by atoms with van der Waals surface area (Å²) in [5, 5.41) is 9.93. The van der Waals surface area contributed by atoms with E-state index in [0.29, 0.717) is 0 Å². The number of ether oxygens (including phenoxy) is 1. The Hall–Kier alpha value is -0.540. The van der Waals surface area contributed by atoms with Gasteiger partial charge in [0.05, 0.1) is 17.2 Å². The standard InChI is InChI=1S/C11H15BrO2/c1-7-5-8(11(2,3)13)10(12)9(6-7)14-4/h5-6,13H,1-4H3. The van der Waals surface area contributed by atoms with Crippen LogP contribution < -0.4 is 4.74 Å². The maximum atomic E-state index is 9.93. The molecule has 3 heteroatoms. The third-order valence-electron chi connectivity index (χ3n) is 2.06. The Labute approximate surface area is 93.0 Å². The van der Waals surface area contributed by atoms with E-state index >= 15 is 0 Å². The summed E-state index contributed by atoms with van der Waals surface area (Å²) in [4.78, 5) is 0. The Bertz CT molecular complexity index is 340. The number of hydrogen-bond acceptors (Lipinski definition) is 2. The molecular weight excluding hydrogens is 244 g/mol. The van der Waals surface area contributed by atoms with Gasteiger partial charge in [0.2, 0.25) is 0 Å². The van der Waals surface area contributed by atoms with E-state index in [1.807, 2.05) is 19.1 Å². The van der Waals surface area contributed by atoms with Gasteiger partial charge in [0.1, 0.15) is 5.75 Å². The minimum Gasteiger partial charge on any atom is -0.496 e. The highest BCUT2D eigenvalue weighted by Gasteiger charge is 2.21. The average molecular weight is 259 g/mol. The van der Waals surface area contributed by atoms with Crippen molar-refractivity contribution in [2.45, 2.75) is 26.4 Å². The molecule has 0 heterocycles. The van der Waals surface area contributed by atoms with E-state index in [4.69, 9.17) is 4.74 Å². The number of methoxy groups -OCH3 is 1. The van der Waals surface area contributed by atoms with E-state index in [2.05, 4.69) is 15.9 Å². The summed E-state index contributed by atoms with van der Waals surface area (Å²) in [6, 6.07) is 3.88. The predicted octanol–water partition coefficient (Wildman–Crippen LogP) is 2.99. The number of rotatable bonds is 2. The lowest BCUT2D eigenvalue weighted by atomic mass is 9.96. The lowest BCUT2D eigenvalue weighted by molar-refractivity contribution is 0.0774. The zero-order chi connectivity index (χ0) is 10.9. The molecule has 0 amide bonds. The van der Waals surface area contributed by atoms with Crippen molar-refractivity contribution in [2.75, 3.05) is 7.11 Å². The van der Waals surface area contributed by atoms with E-state index in [-0.39, 0.29) is 0 Å². The smallest absolute Gasteiger partial charge is 0.133 e. The van der Waals surface area contributed by atoms with E-state index in [0.717, 1.165) is 21.3 Å². The van der Waals surface area contributed by atoms with Gasteiger partial charge >= 0.3 is 0 Å². The summed E-state index contributed by atoms with van der Waals surface area (Å²) in [6.07, 6.45) is 0. The summed E-state index contributed by atoms with van der Waals surface area (Å²) in [5.41, 5.74) is 1.05. The molecular formula is C11H15BrO2. The van der Waals surface area contributed by atoms with Crippen molar-refractivity contribution in [3.8, 4) is 5.75 Å². The Morgan fingerprint density at radius 3 is 2.36 bits per heavy atom. The van der Waals surface area contributed by atoms with Gasteiger partial charge in [-0.2, -0.15) is 0 Å². The topological polar surface area (TPSA) is 29.5 Å². The van der Waals surface area contributed by atoms with Gasteiger partial charge in [0.25, 0.3) is 0 Å². The van der Waals surface area contributed by atoms with Crippen molar-refractivity contribution in [3.63, 3.8) is 0 Å². The van der Waals surface area contributed by atoms with E-state index in [1.165, 1.54) is 0 Å². The highest BCUT2D eigenvalue weighted by atomic mass is 79.9. The molecule has 0 aliphatic heterocycles. The van der Waals surface area contributed by atoms with Gasteiger partial charge in [-0.05, 0) is 48.3 Å². The Morgan fingerprint density at radius 2 is 1.93 bits per heavy atom. The summed E-state index contributed by atoms with van der Waals surface area (Å²) in [7, 11) is 1.62. The first-order chi connectivity index (χ1) is 6.36.